The molecule has 11 heavy (non-hydrogen) atoms. The van der Waals surface area contributed by atoms with Crippen molar-refractivity contribution in [1.82, 2.24) is 5.32 Å². The molecule has 1 saturated heterocycles. The number of ether oxygens (including phenoxy) is 1. The normalized spacial score (nSPS) is 24.5. The highest BCUT2D eigenvalue weighted by Crippen LogP contribution is 2.09. The van der Waals surface area contributed by atoms with Gasteiger partial charge in [0.25, 0.3) is 0 Å². The van der Waals surface area contributed by atoms with E-state index in [1.807, 2.05) is 6.07 Å². The molecule has 0 spiro atoms. The van der Waals surface area contributed by atoms with Crippen LogP contribution >= 0.6 is 0 Å². The van der Waals surface area contributed by atoms with Gasteiger partial charge in [0.05, 0.1) is 12.7 Å². The molecule has 0 saturated carbocycles. The maximum absolute atomic E-state index is 8.21. The number of nitrogens with zero attached hydrogens (tertiary/aromatic N) is 1. The summed E-state index contributed by atoms with van der Waals surface area (Å²) in [5, 5.41) is 11.5. The van der Waals surface area contributed by atoms with E-state index in [-0.39, 0.29) is 6.61 Å². The van der Waals surface area contributed by atoms with E-state index in [4.69, 9.17) is 10.00 Å². The molecule has 1 aliphatic rings. The molecule has 0 bridgehead atoms. The van der Waals surface area contributed by atoms with Crippen molar-refractivity contribution in [3.8, 4) is 6.07 Å². The van der Waals surface area contributed by atoms with E-state index in [1.165, 1.54) is 12.8 Å². The summed E-state index contributed by atoms with van der Waals surface area (Å²) in [6.07, 6.45) is 2.47. The van der Waals surface area contributed by atoms with Crippen LogP contribution < -0.4 is 5.32 Å². The van der Waals surface area contributed by atoms with Crippen LogP contribution in [0.2, 0.25) is 0 Å². The second-order valence-electron chi connectivity index (χ2n) is 2.89. The van der Waals surface area contributed by atoms with Gasteiger partial charge in [0.15, 0.2) is 0 Å². The molecule has 1 aliphatic heterocycles. The average molecular weight is 154 g/mol. The van der Waals surface area contributed by atoms with Crippen LogP contribution in [-0.4, -0.2) is 26.3 Å². The summed E-state index contributed by atoms with van der Waals surface area (Å²) in [6, 6.07) is 1.96. The molecule has 1 atom stereocenters. The highest BCUT2D eigenvalue weighted by molar-refractivity contribution is 4.71. The van der Waals surface area contributed by atoms with Crippen LogP contribution in [0.25, 0.3) is 0 Å². The lowest BCUT2D eigenvalue weighted by molar-refractivity contribution is 0.114. The molecular weight excluding hydrogens is 140 g/mol. The fourth-order valence-corrected chi connectivity index (χ4v) is 1.34. The van der Waals surface area contributed by atoms with E-state index in [9.17, 15) is 0 Å². The molecule has 1 N–H and O–H groups in total. The zero-order valence-corrected chi connectivity index (χ0v) is 6.68. The molecule has 1 fully saturated rings. The summed E-state index contributed by atoms with van der Waals surface area (Å²) in [7, 11) is 0. The molecule has 0 amide bonds. The first-order chi connectivity index (χ1) is 5.43. The second-order valence-corrected chi connectivity index (χ2v) is 2.89. The molecule has 1 unspecified atom stereocenters. The Labute approximate surface area is 67.3 Å². The molecule has 3 nitrogen and oxygen atoms in total. The molecular formula is C8H14N2O. The zero-order valence-electron chi connectivity index (χ0n) is 6.68. The topological polar surface area (TPSA) is 45.0 Å². The van der Waals surface area contributed by atoms with Crippen LogP contribution in [0.5, 0.6) is 0 Å². The van der Waals surface area contributed by atoms with E-state index in [1.54, 1.807) is 0 Å². The Morgan fingerprint density at radius 2 is 2.55 bits per heavy atom. The molecule has 1 rings (SSSR count). The lowest BCUT2D eigenvalue weighted by Gasteiger charge is -2.21. The number of nitriles is 1. The largest absolute Gasteiger partial charge is 0.366 e. The standard InChI is InChI=1S/C8H14N2O/c9-3-5-11-7-8-2-1-4-10-6-8/h8,10H,1-2,4-7H2. The van der Waals surface area contributed by atoms with Gasteiger partial charge in [-0.2, -0.15) is 5.26 Å². The molecule has 0 aliphatic carbocycles. The molecule has 0 aromatic carbocycles. The minimum absolute atomic E-state index is 0.233. The maximum atomic E-state index is 8.21. The summed E-state index contributed by atoms with van der Waals surface area (Å²) in [5.41, 5.74) is 0. The summed E-state index contributed by atoms with van der Waals surface area (Å²) < 4.78 is 5.12. The van der Waals surface area contributed by atoms with Gasteiger partial charge in [-0.25, -0.2) is 0 Å². The third-order valence-corrected chi connectivity index (χ3v) is 1.92. The van der Waals surface area contributed by atoms with Crippen molar-refractivity contribution in [3.63, 3.8) is 0 Å². The lowest BCUT2D eigenvalue weighted by Crippen LogP contribution is -2.32. The molecule has 0 aromatic rings. The van der Waals surface area contributed by atoms with Crippen molar-refractivity contribution in [2.75, 3.05) is 26.3 Å². The Kier molecular flexibility index (Phi) is 3.95. The van der Waals surface area contributed by atoms with Gasteiger partial charge in [-0.15, -0.1) is 0 Å². The third-order valence-electron chi connectivity index (χ3n) is 1.92. The van der Waals surface area contributed by atoms with Gasteiger partial charge in [0.1, 0.15) is 6.61 Å². The monoisotopic (exact) mass is 154 g/mol. The lowest BCUT2D eigenvalue weighted by atomic mass is 10.0. The van der Waals surface area contributed by atoms with Crippen LogP contribution in [0, 0.1) is 17.2 Å². The molecule has 0 aromatic heterocycles. The van der Waals surface area contributed by atoms with Gasteiger partial charge in [-0.3, -0.25) is 0 Å². The quantitative estimate of drug-likeness (QED) is 0.603. The van der Waals surface area contributed by atoms with Crippen molar-refractivity contribution in [1.29, 1.82) is 5.26 Å². The predicted octanol–water partition coefficient (Wildman–Crippen LogP) is 0.526. The van der Waals surface area contributed by atoms with Crippen molar-refractivity contribution in [2.24, 2.45) is 5.92 Å². The van der Waals surface area contributed by atoms with Crippen molar-refractivity contribution in [2.45, 2.75) is 12.8 Å². The zero-order chi connectivity index (χ0) is 7.94. The number of rotatable bonds is 3. The molecule has 3 heteroatoms. The Morgan fingerprint density at radius 3 is 3.18 bits per heavy atom. The SMILES string of the molecule is N#CCOCC1CCCNC1. The second kappa shape index (κ2) is 5.11. The van der Waals surface area contributed by atoms with Gasteiger partial charge in [0.2, 0.25) is 0 Å². The highest BCUT2D eigenvalue weighted by Gasteiger charge is 2.12. The number of hydrogen-bond acceptors (Lipinski definition) is 3. The first-order valence-corrected chi connectivity index (χ1v) is 4.09. The van der Waals surface area contributed by atoms with Crippen LogP contribution in [0.3, 0.4) is 0 Å². The summed E-state index contributed by atoms with van der Waals surface area (Å²) in [5.74, 6) is 0.622. The van der Waals surface area contributed by atoms with Crippen molar-refractivity contribution >= 4 is 0 Å². The van der Waals surface area contributed by atoms with Crippen LogP contribution in [-0.2, 0) is 4.74 Å². The summed E-state index contributed by atoms with van der Waals surface area (Å²) in [4.78, 5) is 0. The minimum atomic E-state index is 0.233. The van der Waals surface area contributed by atoms with E-state index in [0.29, 0.717) is 5.92 Å². The summed E-state index contributed by atoms with van der Waals surface area (Å²) >= 11 is 0. The third kappa shape index (κ3) is 3.35. The number of nitrogens with one attached hydrogen (secondary N) is 1. The fraction of sp³-hybridized carbons (Fsp3) is 0.875. The van der Waals surface area contributed by atoms with E-state index >= 15 is 0 Å². The van der Waals surface area contributed by atoms with Crippen LogP contribution in [0.4, 0.5) is 0 Å². The van der Waals surface area contributed by atoms with E-state index < -0.39 is 0 Å². The maximum Gasteiger partial charge on any atom is 0.133 e. The predicted molar refractivity (Wildman–Crippen MR) is 42.0 cm³/mol. The average Bonchev–Trinajstić information content (AvgIpc) is 2.07. The first kappa shape index (κ1) is 8.51. The number of piperidine rings is 1. The minimum Gasteiger partial charge on any atom is -0.366 e. The molecule has 62 valence electrons. The van der Waals surface area contributed by atoms with Crippen molar-refractivity contribution in [3.05, 3.63) is 0 Å². The van der Waals surface area contributed by atoms with Gasteiger partial charge < -0.3 is 10.1 Å². The van der Waals surface area contributed by atoms with Gasteiger partial charge in [-0.1, -0.05) is 0 Å². The van der Waals surface area contributed by atoms with Crippen molar-refractivity contribution < 1.29 is 4.74 Å². The number of hydrogen-bond donors (Lipinski definition) is 1. The van der Waals surface area contributed by atoms with Gasteiger partial charge >= 0.3 is 0 Å². The van der Waals surface area contributed by atoms with Gasteiger partial charge in [-0.05, 0) is 25.3 Å². The Hall–Kier alpha value is -0.590. The first-order valence-electron chi connectivity index (χ1n) is 4.09. The Morgan fingerprint density at radius 1 is 1.64 bits per heavy atom. The molecule has 0 radical (unpaired) electrons. The fourth-order valence-electron chi connectivity index (χ4n) is 1.34. The Bertz CT molecular complexity index is 136. The molecule has 1 heterocycles. The van der Waals surface area contributed by atoms with E-state index in [0.717, 1.165) is 19.7 Å². The highest BCUT2D eigenvalue weighted by atomic mass is 16.5. The van der Waals surface area contributed by atoms with Gasteiger partial charge in [0, 0.05) is 6.54 Å². The smallest absolute Gasteiger partial charge is 0.133 e. The summed E-state index contributed by atoms with van der Waals surface area (Å²) in [6.45, 7) is 3.15. The van der Waals surface area contributed by atoms with Crippen LogP contribution in [0.1, 0.15) is 12.8 Å². The van der Waals surface area contributed by atoms with Crippen LogP contribution in [0.15, 0.2) is 0 Å². The Balaban J connectivity index is 2.01. The van der Waals surface area contributed by atoms with E-state index in [2.05, 4.69) is 5.32 Å².